The fourth-order valence-electron chi connectivity index (χ4n) is 2.02. The molecule has 2 amide bonds. The van der Waals surface area contributed by atoms with Crippen molar-refractivity contribution < 1.29 is 19.1 Å². The number of nitrogens with one attached hydrogen (secondary N) is 2. The lowest BCUT2D eigenvalue weighted by Gasteiger charge is -2.13. The van der Waals surface area contributed by atoms with Crippen LogP contribution in [0.5, 0.6) is 5.75 Å². The van der Waals surface area contributed by atoms with Gasteiger partial charge < -0.3 is 15.4 Å². The highest BCUT2D eigenvalue weighted by Gasteiger charge is 2.11. The van der Waals surface area contributed by atoms with Crippen LogP contribution in [0.15, 0.2) is 48.5 Å². The first-order valence-corrected chi connectivity index (χ1v) is 7.36. The molecule has 24 heavy (non-hydrogen) atoms. The molecule has 0 unspecified atom stereocenters. The molecule has 0 saturated carbocycles. The first-order valence-electron chi connectivity index (χ1n) is 7.36. The summed E-state index contributed by atoms with van der Waals surface area (Å²) in [5, 5.41) is 5.30. The molecule has 0 aliphatic rings. The van der Waals surface area contributed by atoms with Gasteiger partial charge in [-0.05, 0) is 37.3 Å². The number of hydrogen-bond acceptors (Lipinski definition) is 4. The van der Waals surface area contributed by atoms with Gasteiger partial charge in [-0.1, -0.05) is 18.2 Å². The van der Waals surface area contributed by atoms with Crippen molar-refractivity contribution in [1.29, 1.82) is 0 Å². The second kappa shape index (κ2) is 7.92. The summed E-state index contributed by atoms with van der Waals surface area (Å²) < 4.78 is 5.48. The third-order valence-corrected chi connectivity index (χ3v) is 3.12. The quantitative estimate of drug-likeness (QED) is 0.799. The van der Waals surface area contributed by atoms with E-state index in [-0.39, 0.29) is 30.0 Å². The van der Waals surface area contributed by atoms with Gasteiger partial charge in [0.1, 0.15) is 5.75 Å². The van der Waals surface area contributed by atoms with Crippen molar-refractivity contribution in [2.24, 2.45) is 0 Å². The smallest absolute Gasteiger partial charge is 0.262 e. The van der Waals surface area contributed by atoms with E-state index in [1.165, 1.54) is 19.9 Å². The monoisotopic (exact) mass is 326 g/mol. The molecule has 2 aromatic rings. The maximum absolute atomic E-state index is 11.9. The van der Waals surface area contributed by atoms with Crippen molar-refractivity contribution in [1.82, 2.24) is 0 Å². The molecule has 0 spiro atoms. The summed E-state index contributed by atoms with van der Waals surface area (Å²) in [7, 11) is 0. The second-order valence-electron chi connectivity index (χ2n) is 5.15. The zero-order chi connectivity index (χ0) is 17.5. The molecule has 0 bridgehead atoms. The molecule has 2 aromatic carbocycles. The summed E-state index contributed by atoms with van der Waals surface area (Å²) in [6.07, 6.45) is 0. The zero-order valence-corrected chi connectivity index (χ0v) is 13.5. The number of Topliss-reactive ketones (excluding diaryl/α,β-unsaturated/α-hetero) is 1. The Kier molecular flexibility index (Phi) is 5.68. The van der Waals surface area contributed by atoms with Crippen molar-refractivity contribution in [3.05, 3.63) is 54.1 Å². The Hall–Kier alpha value is -3.15. The SMILES string of the molecule is CC(=O)Nc1ccc(C(C)=O)cc1OCC(=O)Nc1ccccc1. The number of carbonyl (C=O) groups is 3. The van der Waals surface area contributed by atoms with Crippen LogP contribution in [0.3, 0.4) is 0 Å². The second-order valence-corrected chi connectivity index (χ2v) is 5.15. The summed E-state index contributed by atoms with van der Waals surface area (Å²) in [6, 6.07) is 13.6. The number of carbonyl (C=O) groups excluding carboxylic acids is 3. The lowest BCUT2D eigenvalue weighted by Crippen LogP contribution is -2.20. The number of para-hydroxylation sites is 1. The molecule has 2 rings (SSSR count). The minimum absolute atomic E-state index is 0.136. The van der Waals surface area contributed by atoms with E-state index in [9.17, 15) is 14.4 Å². The molecule has 0 fully saturated rings. The average molecular weight is 326 g/mol. The van der Waals surface area contributed by atoms with Gasteiger partial charge in [0.2, 0.25) is 5.91 Å². The van der Waals surface area contributed by atoms with Crippen LogP contribution in [0.2, 0.25) is 0 Å². The minimum Gasteiger partial charge on any atom is -0.482 e. The van der Waals surface area contributed by atoms with Gasteiger partial charge in [0.05, 0.1) is 5.69 Å². The highest BCUT2D eigenvalue weighted by molar-refractivity contribution is 5.97. The summed E-state index contributed by atoms with van der Waals surface area (Å²) in [6.45, 7) is 2.55. The van der Waals surface area contributed by atoms with Crippen molar-refractivity contribution in [3.8, 4) is 5.75 Å². The van der Waals surface area contributed by atoms with Crippen LogP contribution in [0.25, 0.3) is 0 Å². The Morgan fingerprint density at radius 1 is 0.958 bits per heavy atom. The molecule has 6 nitrogen and oxygen atoms in total. The average Bonchev–Trinajstić information content (AvgIpc) is 2.54. The molecule has 0 atom stereocenters. The lowest BCUT2D eigenvalue weighted by molar-refractivity contribution is -0.118. The maximum Gasteiger partial charge on any atom is 0.262 e. The summed E-state index contributed by atoms with van der Waals surface area (Å²) >= 11 is 0. The van der Waals surface area contributed by atoms with Gasteiger partial charge in [-0.25, -0.2) is 0 Å². The molecule has 124 valence electrons. The Morgan fingerprint density at radius 2 is 1.67 bits per heavy atom. The molecular formula is C18H18N2O4. The third-order valence-electron chi connectivity index (χ3n) is 3.12. The van der Waals surface area contributed by atoms with Gasteiger partial charge in [0.25, 0.3) is 5.91 Å². The number of hydrogen-bond donors (Lipinski definition) is 2. The molecule has 6 heteroatoms. The highest BCUT2D eigenvalue weighted by atomic mass is 16.5. The van der Waals surface area contributed by atoms with E-state index in [1.807, 2.05) is 18.2 Å². The summed E-state index contributed by atoms with van der Waals surface area (Å²) in [4.78, 5) is 34.7. The predicted octanol–water partition coefficient (Wildman–Crippen LogP) is 2.87. The third kappa shape index (κ3) is 4.95. The van der Waals surface area contributed by atoms with E-state index in [1.54, 1.807) is 24.3 Å². The number of amides is 2. The van der Waals surface area contributed by atoms with Gasteiger partial charge in [-0.3, -0.25) is 14.4 Å². The van der Waals surface area contributed by atoms with Crippen molar-refractivity contribution in [2.45, 2.75) is 13.8 Å². The molecule has 0 aliphatic carbocycles. The van der Waals surface area contributed by atoms with E-state index in [0.717, 1.165) is 0 Å². The standard InChI is InChI=1S/C18H18N2O4/c1-12(21)14-8-9-16(19-13(2)22)17(10-14)24-11-18(23)20-15-6-4-3-5-7-15/h3-10H,11H2,1-2H3,(H,19,22)(H,20,23). The van der Waals surface area contributed by atoms with E-state index in [0.29, 0.717) is 16.9 Å². The van der Waals surface area contributed by atoms with Crippen molar-refractivity contribution in [3.63, 3.8) is 0 Å². The van der Waals surface area contributed by atoms with Crippen molar-refractivity contribution >= 4 is 29.0 Å². The Morgan fingerprint density at radius 3 is 2.29 bits per heavy atom. The number of ether oxygens (including phenoxy) is 1. The largest absolute Gasteiger partial charge is 0.482 e. The van der Waals surface area contributed by atoms with E-state index in [4.69, 9.17) is 4.74 Å². The van der Waals surface area contributed by atoms with E-state index < -0.39 is 0 Å². The summed E-state index contributed by atoms with van der Waals surface area (Å²) in [5.74, 6) is -0.489. The van der Waals surface area contributed by atoms with Crippen LogP contribution >= 0.6 is 0 Å². The number of rotatable bonds is 6. The topological polar surface area (TPSA) is 84.5 Å². The highest BCUT2D eigenvalue weighted by Crippen LogP contribution is 2.26. The maximum atomic E-state index is 11.9. The molecule has 0 heterocycles. The first kappa shape index (κ1) is 17.2. The molecule has 0 radical (unpaired) electrons. The van der Waals surface area contributed by atoms with Gasteiger partial charge >= 0.3 is 0 Å². The number of anilines is 2. The first-order chi connectivity index (χ1) is 11.5. The van der Waals surface area contributed by atoms with Crippen LogP contribution in [-0.4, -0.2) is 24.2 Å². The number of benzene rings is 2. The lowest BCUT2D eigenvalue weighted by atomic mass is 10.1. The van der Waals surface area contributed by atoms with E-state index >= 15 is 0 Å². The summed E-state index contributed by atoms with van der Waals surface area (Å²) in [5.41, 5.74) is 1.49. The van der Waals surface area contributed by atoms with Gasteiger partial charge in [-0.2, -0.15) is 0 Å². The van der Waals surface area contributed by atoms with Crippen LogP contribution in [0, 0.1) is 0 Å². The molecular weight excluding hydrogens is 308 g/mol. The van der Waals surface area contributed by atoms with Crippen molar-refractivity contribution in [2.75, 3.05) is 17.2 Å². The minimum atomic E-state index is -0.344. The predicted molar refractivity (Wildman–Crippen MR) is 91.3 cm³/mol. The van der Waals surface area contributed by atoms with E-state index in [2.05, 4.69) is 10.6 Å². The molecule has 2 N–H and O–H groups in total. The van der Waals surface area contributed by atoms with Gasteiger partial charge in [0.15, 0.2) is 12.4 Å². The Bertz CT molecular complexity index is 757. The fourth-order valence-corrected chi connectivity index (χ4v) is 2.02. The Balaban J connectivity index is 2.09. The van der Waals surface area contributed by atoms with Gasteiger partial charge in [0, 0.05) is 18.2 Å². The van der Waals surface area contributed by atoms with Crippen LogP contribution in [0.4, 0.5) is 11.4 Å². The van der Waals surface area contributed by atoms with Crippen LogP contribution in [-0.2, 0) is 9.59 Å². The van der Waals surface area contributed by atoms with Gasteiger partial charge in [-0.15, -0.1) is 0 Å². The number of ketones is 1. The van der Waals surface area contributed by atoms with Crippen LogP contribution in [0.1, 0.15) is 24.2 Å². The molecule has 0 aromatic heterocycles. The molecule has 0 saturated heterocycles. The van der Waals surface area contributed by atoms with Crippen LogP contribution < -0.4 is 15.4 Å². The normalized spacial score (nSPS) is 9.92. The zero-order valence-electron chi connectivity index (χ0n) is 13.5. The fraction of sp³-hybridized carbons (Fsp3) is 0.167. The molecule has 0 aliphatic heterocycles. The Labute approximate surface area is 139 Å².